The summed E-state index contributed by atoms with van der Waals surface area (Å²) in [6.07, 6.45) is 5.59. The van der Waals surface area contributed by atoms with Crippen molar-refractivity contribution in [2.45, 2.75) is 37.1 Å². The molecule has 1 N–H and O–H groups in total. The maximum atomic E-state index is 13.0. The van der Waals surface area contributed by atoms with E-state index in [1.165, 1.54) is 12.8 Å². The fourth-order valence-electron chi connectivity index (χ4n) is 4.37. The van der Waals surface area contributed by atoms with Gasteiger partial charge in [-0.2, -0.15) is 0 Å². The average Bonchev–Trinajstić information content (AvgIpc) is 2.92. The van der Waals surface area contributed by atoms with E-state index in [9.17, 15) is 13.2 Å². The Bertz CT molecular complexity index is 1260. The van der Waals surface area contributed by atoms with Crippen LogP contribution in [0.15, 0.2) is 78.0 Å². The van der Waals surface area contributed by atoms with Crippen molar-refractivity contribution < 1.29 is 22.7 Å². The van der Waals surface area contributed by atoms with Gasteiger partial charge in [-0.25, -0.2) is 13.1 Å². The molecule has 1 unspecified atom stereocenters. The van der Waals surface area contributed by atoms with Gasteiger partial charge in [0.1, 0.15) is 5.75 Å². The van der Waals surface area contributed by atoms with Crippen LogP contribution in [0.25, 0.3) is 0 Å². The van der Waals surface area contributed by atoms with Crippen molar-refractivity contribution in [3.05, 3.63) is 84.2 Å². The molecule has 1 fully saturated rings. The first-order valence-electron chi connectivity index (χ1n) is 12.4. The Morgan fingerprint density at radius 1 is 1.03 bits per heavy atom. The SMILES string of the molecule is COC(=O)CC(NS(=O)(=O)c1ccc(C)cc1)c1ccc(OCC2CCN(c3ccncc3)CC2)cc1. The van der Waals surface area contributed by atoms with Crippen LogP contribution in [0.3, 0.4) is 0 Å². The third kappa shape index (κ3) is 7.30. The van der Waals surface area contributed by atoms with E-state index in [1.54, 1.807) is 36.4 Å². The summed E-state index contributed by atoms with van der Waals surface area (Å²) in [6.45, 7) is 4.47. The van der Waals surface area contributed by atoms with Crippen LogP contribution in [0, 0.1) is 12.8 Å². The normalized spacial score (nSPS) is 15.2. The van der Waals surface area contributed by atoms with Crippen LogP contribution in [-0.4, -0.2) is 46.2 Å². The minimum atomic E-state index is -3.83. The first-order chi connectivity index (χ1) is 17.8. The van der Waals surface area contributed by atoms with Crippen molar-refractivity contribution in [1.29, 1.82) is 0 Å². The molecular weight excluding hydrogens is 490 g/mol. The highest BCUT2D eigenvalue weighted by atomic mass is 32.2. The second-order valence-electron chi connectivity index (χ2n) is 9.28. The molecule has 0 radical (unpaired) electrons. The number of aromatic nitrogens is 1. The van der Waals surface area contributed by atoms with Crippen LogP contribution in [0.4, 0.5) is 5.69 Å². The third-order valence-corrected chi connectivity index (χ3v) is 8.13. The second-order valence-corrected chi connectivity index (χ2v) is 11.0. The molecule has 37 heavy (non-hydrogen) atoms. The second kappa shape index (κ2) is 12.2. The molecule has 8 nitrogen and oxygen atoms in total. The number of anilines is 1. The third-order valence-electron chi connectivity index (χ3n) is 6.64. The Labute approximate surface area is 218 Å². The number of benzene rings is 2. The average molecular weight is 524 g/mol. The van der Waals surface area contributed by atoms with Crippen LogP contribution < -0.4 is 14.4 Å². The number of rotatable bonds is 10. The number of carbonyl (C=O) groups excluding carboxylic acids is 1. The molecule has 1 aliphatic heterocycles. The zero-order valence-electron chi connectivity index (χ0n) is 21.2. The number of ether oxygens (including phenoxy) is 2. The predicted octanol–water partition coefficient (Wildman–Crippen LogP) is 4.27. The van der Waals surface area contributed by atoms with Gasteiger partial charge in [0.25, 0.3) is 0 Å². The Balaban J connectivity index is 1.36. The van der Waals surface area contributed by atoms with Crippen LogP contribution in [0.1, 0.15) is 36.4 Å². The van der Waals surface area contributed by atoms with Gasteiger partial charge >= 0.3 is 5.97 Å². The Morgan fingerprint density at radius 2 is 1.68 bits per heavy atom. The molecule has 2 aromatic carbocycles. The number of piperidine rings is 1. The lowest BCUT2D eigenvalue weighted by Crippen LogP contribution is -2.35. The molecule has 2 heterocycles. The van der Waals surface area contributed by atoms with Gasteiger partial charge < -0.3 is 14.4 Å². The standard InChI is InChI=1S/C28H33N3O5S/c1-21-3-9-26(10-4-21)37(33,34)30-27(19-28(32)35-2)23-5-7-25(8-6-23)36-20-22-13-17-31(18-14-22)24-11-15-29-16-12-24/h3-12,15-16,22,27,30H,13-14,17-20H2,1-2H3. The lowest BCUT2D eigenvalue weighted by molar-refractivity contribution is -0.141. The number of methoxy groups -OCH3 is 1. The number of carbonyl (C=O) groups is 1. The number of esters is 1. The van der Waals surface area contributed by atoms with E-state index in [4.69, 9.17) is 9.47 Å². The van der Waals surface area contributed by atoms with E-state index in [0.717, 1.165) is 31.5 Å². The van der Waals surface area contributed by atoms with Crippen molar-refractivity contribution in [2.75, 3.05) is 31.7 Å². The molecule has 0 aliphatic carbocycles. The van der Waals surface area contributed by atoms with Gasteiger partial charge in [0, 0.05) is 31.2 Å². The molecule has 1 aliphatic rings. The highest BCUT2D eigenvalue weighted by Gasteiger charge is 2.25. The van der Waals surface area contributed by atoms with E-state index in [1.807, 2.05) is 43.6 Å². The molecule has 0 spiro atoms. The van der Waals surface area contributed by atoms with Gasteiger partial charge in [-0.05, 0) is 67.6 Å². The topological polar surface area (TPSA) is 97.8 Å². The number of sulfonamides is 1. The Kier molecular flexibility index (Phi) is 8.78. The molecular formula is C28H33N3O5S. The zero-order chi connectivity index (χ0) is 26.3. The summed E-state index contributed by atoms with van der Waals surface area (Å²) < 4.78 is 39.4. The van der Waals surface area contributed by atoms with E-state index < -0.39 is 22.0 Å². The molecule has 0 bridgehead atoms. The van der Waals surface area contributed by atoms with Crippen molar-refractivity contribution in [3.63, 3.8) is 0 Å². The number of hydrogen-bond acceptors (Lipinski definition) is 7. The zero-order valence-corrected chi connectivity index (χ0v) is 22.0. The predicted molar refractivity (Wildman–Crippen MR) is 142 cm³/mol. The van der Waals surface area contributed by atoms with Crippen molar-refractivity contribution in [1.82, 2.24) is 9.71 Å². The van der Waals surface area contributed by atoms with E-state index >= 15 is 0 Å². The molecule has 9 heteroatoms. The van der Waals surface area contributed by atoms with Crippen LogP contribution in [0.5, 0.6) is 5.75 Å². The Morgan fingerprint density at radius 3 is 2.30 bits per heavy atom. The summed E-state index contributed by atoms with van der Waals surface area (Å²) in [6, 6.07) is 17.1. The summed E-state index contributed by atoms with van der Waals surface area (Å²) in [7, 11) is -2.55. The number of pyridine rings is 1. The van der Waals surface area contributed by atoms with E-state index in [2.05, 4.69) is 14.6 Å². The summed E-state index contributed by atoms with van der Waals surface area (Å²) >= 11 is 0. The number of aryl methyl sites for hydroxylation is 1. The van der Waals surface area contributed by atoms with Crippen LogP contribution >= 0.6 is 0 Å². The quantitative estimate of drug-likeness (QED) is 0.396. The molecule has 1 atom stereocenters. The fourth-order valence-corrected chi connectivity index (χ4v) is 5.60. The number of nitrogens with one attached hydrogen (secondary N) is 1. The van der Waals surface area contributed by atoms with Gasteiger partial charge in [-0.1, -0.05) is 29.8 Å². The number of nitrogens with zero attached hydrogens (tertiary/aromatic N) is 2. The van der Waals surface area contributed by atoms with E-state index in [0.29, 0.717) is 23.8 Å². The Hall–Kier alpha value is -3.43. The number of hydrogen-bond donors (Lipinski definition) is 1. The van der Waals surface area contributed by atoms with E-state index in [-0.39, 0.29) is 11.3 Å². The van der Waals surface area contributed by atoms with Gasteiger partial charge in [0.15, 0.2) is 0 Å². The van der Waals surface area contributed by atoms with Gasteiger partial charge in [0.2, 0.25) is 10.0 Å². The largest absolute Gasteiger partial charge is 0.493 e. The van der Waals surface area contributed by atoms with Crippen molar-refractivity contribution in [2.24, 2.45) is 5.92 Å². The van der Waals surface area contributed by atoms with Crippen LogP contribution in [-0.2, 0) is 19.6 Å². The van der Waals surface area contributed by atoms with Gasteiger partial charge in [-0.15, -0.1) is 0 Å². The summed E-state index contributed by atoms with van der Waals surface area (Å²) in [5, 5.41) is 0. The molecule has 196 valence electrons. The highest BCUT2D eigenvalue weighted by molar-refractivity contribution is 7.89. The summed E-state index contributed by atoms with van der Waals surface area (Å²) in [5.74, 6) is 0.666. The molecule has 0 amide bonds. The monoisotopic (exact) mass is 523 g/mol. The fraction of sp³-hybridized carbons (Fsp3) is 0.357. The van der Waals surface area contributed by atoms with Crippen LogP contribution in [0.2, 0.25) is 0 Å². The van der Waals surface area contributed by atoms with Crippen molar-refractivity contribution >= 4 is 21.7 Å². The molecule has 0 saturated carbocycles. The minimum Gasteiger partial charge on any atom is -0.493 e. The smallest absolute Gasteiger partial charge is 0.307 e. The first kappa shape index (κ1) is 26.6. The summed E-state index contributed by atoms with van der Waals surface area (Å²) in [4.78, 5) is 18.6. The molecule has 1 aromatic heterocycles. The maximum absolute atomic E-state index is 13.0. The van der Waals surface area contributed by atoms with Crippen molar-refractivity contribution in [3.8, 4) is 5.75 Å². The van der Waals surface area contributed by atoms with Gasteiger partial charge in [-0.3, -0.25) is 9.78 Å². The molecule has 4 rings (SSSR count). The lowest BCUT2D eigenvalue weighted by Gasteiger charge is -2.33. The summed E-state index contributed by atoms with van der Waals surface area (Å²) in [5.41, 5.74) is 2.81. The molecule has 1 saturated heterocycles. The molecule has 3 aromatic rings. The highest BCUT2D eigenvalue weighted by Crippen LogP contribution is 2.26. The van der Waals surface area contributed by atoms with Gasteiger partial charge in [0.05, 0.1) is 31.1 Å². The minimum absolute atomic E-state index is 0.127. The maximum Gasteiger partial charge on any atom is 0.307 e. The lowest BCUT2D eigenvalue weighted by atomic mass is 9.97. The first-order valence-corrected chi connectivity index (χ1v) is 13.9.